The maximum absolute atomic E-state index is 12.0. The van der Waals surface area contributed by atoms with Crippen molar-refractivity contribution in [2.75, 3.05) is 0 Å². The Bertz CT molecular complexity index is 648. The lowest BCUT2D eigenvalue weighted by Gasteiger charge is -2.07. The molecule has 0 aliphatic heterocycles. The molecule has 0 saturated carbocycles. The fraction of sp³-hybridized carbons (Fsp3) is 0.0769. The van der Waals surface area contributed by atoms with Crippen molar-refractivity contribution in [3.05, 3.63) is 58.6 Å². The third kappa shape index (κ3) is 3.11. The molecular formula is C13H11BrO3S. The lowest BCUT2D eigenvalue weighted by molar-refractivity contribution is 0.486. The lowest BCUT2D eigenvalue weighted by atomic mass is 10.2. The topological polar surface area (TPSA) is 43.4 Å². The van der Waals surface area contributed by atoms with Crippen molar-refractivity contribution >= 4 is 26.0 Å². The second kappa shape index (κ2) is 5.12. The van der Waals surface area contributed by atoms with E-state index in [1.165, 1.54) is 12.1 Å². The number of hydrogen-bond donors (Lipinski definition) is 0. The van der Waals surface area contributed by atoms with Gasteiger partial charge in [0.05, 0.1) is 0 Å². The van der Waals surface area contributed by atoms with Crippen LogP contribution in [-0.2, 0) is 10.1 Å². The summed E-state index contributed by atoms with van der Waals surface area (Å²) in [6, 6.07) is 13.2. The maximum atomic E-state index is 12.0. The highest BCUT2D eigenvalue weighted by molar-refractivity contribution is 9.10. The molecule has 0 fully saturated rings. The average Bonchev–Trinajstić information content (AvgIpc) is 2.29. The van der Waals surface area contributed by atoms with E-state index in [2.05, 4.69) is 15.9 Å². The first-order chi connectivity index (χ1) is 8.47. The van der Waals surface area contributed by atoms with Gasteiger partial charge in [-0.3, -0.25) is 0 Å². The predicted octanol–water partition coefficient (Wildman–Crippen LogP) is 3.53. The van der Waals surface area contributed by atoms with Crippen molar-refractivity contribution in [1.82, 2.24) is 0 Å². The van der Waals surface area contributed by atoms with Crippen LogP contribution in [0.4, 0.5) is 0 Å². The molecule has 0 unspecified atom stereocenters. The summed E-state index contributed by atoms with van der Waals surface area (Å²) in [5, 5.41) is 0. The van der Waals surface area contributed by atoms with Gasteiger partial charge in [-0.15, -0.1) is 0 Å². The summed E-state index contributed by atoms with van der Waals surface area (Å²) in [6.45, 7) is 1.87. The van der Waals surface area contributed by atoms with Gasteiger partial charge in [0.2, 0.25) is 0 Å². The Labute approximate surface area is 115 Å². The van der Waals surface area contributed by atoms with Crippen molar-refractivity contribution in [2.24, 2.45) is 0 Å². The van der Waals surface area contributed by atoms with Gasteiger partial charge in [-0.2, -0.15) is 8.42 Å². The van der Waals surface area contributed by atoms with E-state index in [4.69, 9.17) is 4.18 Å². The normalized spacial score (nSPS) is 11.2. The highest BCUT2D eigenvalue weighted by Crippen LogP contribution is 2.21. The summed E-state index contributed by atoms with van der Waals surface area (Å²) >= 11 is 3.25. The summed E-state index contributed by atoms with van der Waals surface area (Å²) < 4.78 is 29.9. The van der Waals surface area contributed by atoms with Crippen LogP contribution in [0.3, 0.4) is 0 Å². The van der Waals surface area contributed by atoms with Gasteiger partial charge < -0.3 is 4.18 Å². The Morgan fingerprint density at radius 1 is 1.06 bits per heavy atom. The van der Waals surface area contributed by atoms with Gasteiger partial charge >= 0.3 is 10.1 Å². The average molecular weight is 327 g/mol. The minimum absolute atomic E-state index is 0.132. The first kappa shape index (κ1) is 13.1. The van der Waals surface area contributed by atoms with Crippen LogP contribution in [0.2, 0.25) is 0 Å². The van der Waals surface area contributed by atoms with E-state index < -0.39 is 10.1 Å². The molecule has 0 spiro atoms. The zero-order chi connectivity index (χ0) is 13.2. The zero-order valence-electron chi connectivity index (χ0n) is 9.63. The first-order valence-electron chi connectivity index (χ1n) is 5.24. The fourth-order valence-corrected chi connectivity index (χ4v) is 2.63. The quantitative estimate of drug-likeness (QED) is 0.810. The number of benzene rings is 2. The van der Waals surface area contributed by atoms with Gasteiger partial charge in [-0.05, 0) is 48.9 Å². The molecule has 2 aromatic rings. The van der Waals surface area contributed by atoms with Crippen molar-refractivity contribution in [3.8, 4) is 5.75 Å². The van der Waals surface area contributed by atoms with E-state index in [0.717, 1.165) is 10.0 Å². The minimum Gasteiger partial charge on any atom is -0.379 e. The van der Waals surface area contributed by atoms with Gasteiger partial charge in [0.25, 0.3) is 0 Å². The number of halogens is 1. The molecule has 0 N–H and O–H groups in total. The molecule has 2 rings (SSSR count). The molecule has 5 heteroatoms. The van der Waals surface area contributed by atoms with Gasteiger partial charge in [-0.25, -0.2) is 0 Å². The first-order valence-corrected chi connectivity index (χ1v) is 7.44. The molecule has 0 aromatic heterocycles. The molecule has 3 nitrogen and oxygen atoms in total. The highest BCUT2D eigenvalue weighted by atomic mass is 79.9. The summed E-state index contributed by atoms with van der Waals surface area (Å²) in [7, 11) is -3.77. The van der Waals surface area contributed by atoms with Crippen LogP contribution in [0.25, 0.3) is 0 Å². The monoisotopic (exact) mass is 326 g/mol. The third-order valence-corrected chi connectivity index (χ3v) is 4.09. The van der Waals surface area contributed by atoms with Crippen LogP contribution in [-0.4, -0.2) is 8.42 Å². The molecule has 0 atom stereocenters. The molecule has 0 bridgehead atoms. The number of rotatable bonds is 3. The van der Waals surface area contributed by atoms with E-state index in [1.54, 1.807) is 30.3 Å². The summed E-state index contributed by atoms with van der Waals surface area (Å²) in [6.07, 6.45) is 0. The van der Waals surface area contributed by atoms with Crippen LogP contribution in [0.1, 0.15) is 5.56 Å². The van der Waals surface area contributed by atoms with Gasteiger partial charge in [0, 0.05) is 4.47 Å². The molecule has 0 radical (unpaired) electrons. The summed E-state index contributed by atoms with van der Waals surface area (Å²) in [5.41, 5.74) is 0.943. The SMILES string of the molecule is Cc1cccc(OS(=O)(=O)c2ccc(Br)cc2)c1. The molecule has 94 valence electrons. The molecule has 0 heterocycles. The van der Waals surface area contributed by atoms with Gasteiger partial charge in [0.15, 0.2) is 0 Å². The van der Waals surface area contributed by atoms with E-state index >= 15 is 0 Å². The van der Waals surface area contributed by atoms with Crippen LogP contribution in [0.15, 0.2) is 57.9 Å². The molecule has 0 amide bonds. The standard InChI is InChI=1S/C13H11BrO3S/c1-10-3-2-4-12(9-10)17-18(15,16)13-7-5-11(14)6-8-13/h2-9H,1H3. The minimum atomic E-state index is -3.77. The Balaban J connectivity index is 2.30. The van der Waals surface area contributed by atoms with Crippen LogP contribution >= 0.6 is 15.9 Å². The van der Waals surface area contributed by atoms with E-state index in [9.17, 15) is 8.42 Å². The molecular weight excluding hydrogens is 316 g/mol. The van der Waals surface area contributed by atoms with Crippen LogP contribution < -0.4 is 4.18 Å². The molecule has 0 saturated heterocycles. The second-order valence-electron chi connectivity index (χ2n) is 3.81. The third-order valence-electron chi connectivity index (χ3n) is 2.30. The molecule has 0 aliphatic carbocycles. The van der Waals surface area contributed by atoms with Crippen molar-refractivity contribution < 1.29 is 12.6 Å². The molecule has 0 aliphatic rings. The Morgan fingerprint density at radius 3 is 2.33 bits per heavy atom. The van der Waals surface area contributed by atoms with E-state index in [1.807, 2.05) is 13.0 Å². The highest BCUT2D eigenvalue weighted by Gasteiger charge is 2.16. The summed E-state index contributed by atoms with van der Waals surface area (Å²) in [5.74, 6) is 0.318. The van der Waals surface area contributed by atoms with Gasteiger partial charge in [0.1, 0.15) is 10.6 Å². The number of hydrogen-bond acceptors (Lipinski definition) is 3. The van der Waals surface area contributed by atoms with Gasteiger partial charge in [-0.1, -0.05) is 28.1 Å². The Hall–Kier alpha value is -1.33. The van der Waals surface area contributed by atoms with E-state index in [0.29, 0.717) is 5.75 Å². The molecule has 18 heavy (non-hydrogen) atoms. The number of aryl methyl sites for hydroxylation is 1. The predicted molar refractivity (Wildman–Crippen MR) is 73.1 cm³/mol. The zero-order valence-corrected chi connectivity index (χ0v) is 12.0. The largest absolute Gasteiger partial charge is 0.379 e. The lowest BCUT2D eigenvalue weighted by Crippen LogP contribution is -2.09. The van der Waals surface area contributed by atoms with Crippen LogP contribution in [0, 0.1) is 6.92 Å². The Kier molecular flexibility index (Phi) is 3.73. The smallest absolute Gasteiger partial charge is 0.339 e. The molecule has 2 aromatic carbocycles. The van der Waals surface area contributed by atoms with Crippen LogP contribution in [0.5, 0.6) is 5.75 Å². The summed E-state index contributed by atoms with van der Waals surface area (Å²) in [4.78, 5) is 0.132. The fourth-order valence-electron chi connectivity index (χ4n) is 1.44. The Morgan fingerprint density at radius 2 is 1.72 bits per heavy atom. The van der Waals surface area contributed by atoms with E-state index in [-0.39, 0.29) is 4.90 Å². The van der Waals surface area contributed by atoms with Crippen molar-refractivity contribution in [2.45, 2.75) is 11.8 Å². The second-order valence-corrected chi connectivity index (χ2v) is 6.27. The van der Waals surface area contributed by atoms with Crippen molar-refractivity contribution in [1.29, 1.82) is 0 Å². The maximum Gasteiger partial charge on any atom is 0.339 e. The van der Waals surface area contributed by atoms with Crippen molar-refractivity contribution in [3.63, 3.8) is 0 Å².